The minimum absolute atomic E-state index is 0.508. The summed E-state index contributed by atoms with van der Waals surface area (Å²) in [6.07, 6.45) is 2.71. The van der Waals surface area contributed by atoms with Gasteiger partial charge in [0.05, 0.1) is 0 Å². The second-order valence-electron chi connectivity index (χ2n) is 3.81. The van der Waals surface area contributed by atoms with Crippen molar-refractivity contribution in [2.24, 2.45) is 0 Å². The summed E-state index contributed by atoms with van der Waals surface area (Å²) in [5.74, 6) is 0. The first-order chi connectivity index (χ1) is 6.18. The Morgan fingerprint density at radius 3 is 2.69 bits per heavy atom. The van der Waals surface area contributed by atoms with Crippen molar-refractivity contribution in [3.05, 3.63) is 11.6 Å². The molecule has 0 amide bonds. The van der Waals surface area contributed by atoms with E-state index in [2.05, 4.69) is 23.7 Å². The maximum absolute atomic E-state index is 5.67. The summed E-state index contributed by atoms with van der Waals surface area (Å²) < 4.78 is 0. The van der Waals surface area contributed by atoms with Crippen LogP contribution in [0.15, 0.2) is 11.6 Å². The van der Waals surface area contributed by atoms with Gasteiger partial charge in [0.1, 0.15) is 0 Å². The van der Waals surface area contributed by atoms with Crippen molar-refractivity contribution in [1.29, 1.82) is 0 Å². The third-order valence-corrected chi connectivity index (χ3v) is 2.51. The predicted octanol–water partition coefficient (Wildman–Crippen LogP) is 1.81. The highest BCUT2D eigenvalue weighted by molar-refractivity contribution is 6.29. The van der Waals surface area contributed by atoms with Gasteiger partial charge in [-0.1, -0.05) is 18.2 Å². The highest BCUT2D eigenvalue weighted by atomic mass is 35.5. The first-order valence-electron chi connectivity index (χ1n) is 4.97. The maximum atomic E-state index is 5.67. The van der Waals surface area contributed by atoms with Crippen molar-refractivity contribution < 1.29 is 0 Å². The van der Waals surface area contributed by atoms with Crippen LogP contribution in [0.3, 0.4) is 0 Å². The monoisotopic (exact) mass is 202 g/mol. The second-order valence-corrected chi connectivity index (χ2v) is 4.34. The van der Waals surface area contributed by atoms with Crippen molar-refractivity contribution >= 4 is 11.6 Å². The normalized spacial score (nSPS) is 20.5. The number of rotatable bonds is 5. The SMILES string of the molecule is C=C(Cl)CNC(C)CN1CCCC1. The number of nitrogens with one attached hydrogen (secondary N) is 1. The zero-order valence-corrected chi connectivity index (χ0v) is 9.11. The molecule has 1 heterocycles. The van der Waals surface area contributed by atoms with Gasteiger partial charge < -0.3 is 10.2 Å². The Kier molecular flexibility index (Phi) is 4.78. The number of halogens is 1. The Hall–Kier alpha value is -0.0500. The number of likely N-dealkylation sites (tertiary alicyclic amines) is 1. The molecule has 0 aliphatic carbocycles. The minimum Gasteiger partial charge on any atom is -0.308 e. The van der Waals surface area contributed by atoms with Crippen molar-refractivity contribution in [3.8, 4) is 0 Å². The molecular weight excluding hydrogens is 184 g/mol. The quantitative estimate of drug-likeness (QED) is 0.732. The summed E-state index contributed by atoms with van der Waals surface area (Å²) in [7, 11) is 0. The topological polar surface area (TPSA) is 15.3 Å². The largest absolute Gasteiger partial charge is 0.308 e. The van der Waals surface area contributed by atoms with Crippen LogP contribution in [0.2, 0.25) is 0 Å². The molecule has 3 heteroatoms. The molecule has 1 fully saturated rings. The van der Waals surface area contributed by atoms with Crippen molar-refractivity contribution in [1.82, 2.24) is 10.2 Å². The van der Waals surface area contributed by atoms with Gasteiger partial charge in [0.2, 0.25) is 0 Å². The zero-order valence-electron chi connectivity index (χ0n) is 8.35. The Balaban J connectivity index is 2.09. The molecule has 2 nitrogen and oxygen atoms in total. The van der Waals surface area contributed by atoms with E-state index < -0.39 is 0 Å². The number of hydrogen-bond acceptors (Lipinski definition) is 2. The fourth-order valence-corrected chi connectivity index (χ4v) is 1.78. The Morgan fingerprint density at radius 2 is 2.15 bits per heavy atom. The van der Waals surface area contributed by atoms with Crippen LogP contribution in [-0.4, -0.2) is 37.1 Å². The molecule has 0 aromatic carbocycles. The molecule has 76 valence electrons. The first-order valence-corrected chi connectivity index (χ1v) is 5.35. The molecule has 1 rings (SSSR count). The lowest BCUT2D eigenvalue weighted by molar-refractivity contribution is 0.302. The van der Waals surface area contributed by atoms with Crippen LogP contribution in [0.25, 0.3) is 0 Å². The molecule has 1 N–H and O–H groups in total. The van der Waals surface area contributed by atoms with Gasteiger partial charge >= 0.3 is 0 Å². The molecule has 0 saturated carbocycles. The lowest BCUT2D eigenvalue weighted by Gasteiger charge is -2.20. The summed E-state index contributed by atoms with van der Waals surface area (Å²) in [6.45, 7) is 10.2. The molecule has 1 atom stereocenters. The van der Waals surface area contributed by atoms with E-state index in [1.165, 1.54) is 25.9 Å². The van der Waals surface area contributed by atoms with Crippen LogP contribution in [0.4, 0.5) is 0 Å². The van der Waals surface area contributed by atoms with Crippen LogP contribution >= 0.6 is 11.6 Å². The molecular formula is C10H19ClN2. The molecule has 0 radical (unpaired) electrons. The van der Waals surface area contributed by atoms with Gasteiger partial charge in [-0.15, -0.1) is 0 Å². The summed E-state index contributed by atoms with van der Waals surface area (Å²) in [5, 5.41) is 4.02. The first kappa shape index (κ1) is 11.0. The molecule has 1 aliphatic heterocycles. The molecule has 13 heavy (non-hydrogen) atoms. The third kappa shape index (κ3) is 4.65. The van der Waals surface area contributed by atoms with E-state index in [1.54, 1.807) is 0 Å². The average molecular weight is 203 g/mol. The molecule has 0 aromatic rings. The van der Waals surface area contributed by atoms with Crippen LogP contribution in [-0.2, 0) is 0 Å². The van der Waals surface area contributed by atoms with Gasteiger partial charge in [-0.05, 0) is 32.9 Å². The lowest BCUT2D eigenvalue weighted by Crippen LogP contribution is -2.38. The van der Waals surface area contributed by atoms with Crippen molar-refractivity contribution in [2.45, 2.75) is 25.8 Å². The van der Waals surface area contributed by atoms with Gasteiger partial charge in [-0.25, -0.2) is 0 Å². The maximum Gasteiger partial charge on any atom is 0.0310 e. The van der Waals surface area contributed by atoms with E-state index in [0.29, 0.717) is 11.1 Å². The van der Waals surface area contributed by atoms with Crippen LogP contribution in [0.1, 0.15) is 19.8 Å². The summed E-state index contributed by atoms with van der Waals surface area (Å²) in [6, 6.07) is 0.508. The van der Waals surface area contributed by atoms with Crippen LogP contribution in [0, 0.1) is 0 Å². The molecule has 0 aromatic heterocycles. The molecule has 1 saturated heterocycles. The van der Waals surface area contributed by atoms with Gasteiger partial charge in [0.15, 0.2) is 0 Å². The van der Waals surface area contributed by atoms with Crippen molar-refractivity contribution in [3.63, 3.8) is 0 Å². The molecule has 0 spiro atoms. The number of hydrogen-bond donors (Lipinski definition) is 1. The number of nitrogens with zero attached hydrogens (tertiary/aromatic N) is 1. The molecule has 1 unspecified atom stereocenters. The van der Waals surface area contributed by atoms with E-state index in [-0.39, 0.29) is 0 Å². The van der Waals surface area contributed by atoms with Gasteiger partial charge in [0.25, 0.3) is 0 Å². The van der Waals surface area contributed by atoms with E-state index in [4.69, 9.17) is 11.6 Å². The minimum atomic E-state index is 0.508. The Morgan fingerprint density at radius 1 is 1.54 bits per heavy atom. The van der Waals surface area contributed by atoms with Gasteiger partial charge in [-0.2, -0.15) is 0 Å². The van der Waals surface area contributed by atoms with Gasteiger partial charge in [-0.3, -0.25) is 0 Å². The average Bonchev–Trinajstić information content (AvgIpc) is 2.53. The van der Waals surface area contributed by atoms with Crippen molar-refractivity contribution in [2.75, 3.05) is 26.2 Å². The fraction of sp³-hybridized carbons (Fsp3) is 0.800. The lowest BCUT2D eigenvalue weighted by atomic mass is 10.3. The van der Waals surface area contributed by atoms with Crippen LogP contribution in [0.5, 0.6) is 0 Å². The smallest absolute Gasteiger partial charge is 0.0310 e. The molecule has 1 aliphatic rings. The highest BCUT2D eigenvalue weighted by Gasteiger charge is 2.13. The third-order valence-electron chi connectivity index (χ3n) is 2.37. The molecule has 0 bridgehead atoms. The van der Waals surface area contributed by atoms with E-state index in [1.807, 2.05) is 0 Å². The Bertz CT molecular complexity index is 164. The predicted molar refractivity (Wildman–Crippen MR) is 58.1 cm³/mol. The van der Waals surface area contributed by atoms with E-state index in [0.717, 1.165) is 13.1 Å². The highest BCUT2D eigenvalue weighted by Crippen LogP contribution is 2.07. The van der Waals surface area contributed by atoms with E-state index in [9.17, 15) is 0 Å². The summed E-state index contributed by atoms with van der Waals surface area (Å²) in [4.78, 5) is 2.49. The zero-order chi connectivity index (χ0) is 9.68. The fourth-order valence-electron chi connectivity index (χ4n) is 1.70. The second kappa shape index (κ2) is 5.63. The van der Waals surface area contributed by atoms with E-state index >= 15 is 0 Å². The standard InChI is InChI=1S/C10H19ClN2/c1-9(11)7-12-10(2)8-13-5-3-4-6-13/h10,12H,1,3-8H2,2H3. The summed E-state index contributed by atoms with van der Waals surface area (Å²) in [5.41, 5.74) is 0. The summed E-state index contributed by atoms with van der Waals surface area (Å²) >= 11 is 5.67. The van der Waals surface area contributed by atoms with Gasteiger partial charge in [0, 0.05) is 24.2 Å². The Labute approximate surface area is 85.9 Å². The van der Waals surface area contributed by atoms with Crippen LogP contribution < -0.4 is 5.32 Å².